The van der Waals surface area contributed by atoms with Gasteiger partial charge in [-0.1, -0.05) is 0 Å². The monoisotopic (exact) mass is 504 g/mol. The molecule has 0 unspecified atom stereocenters. The zero-order valence-electron chi connectivity index (χ0n) is 20.9. The average Bonchev–Trinajstić information content (AvgIpc) is 3.24. The van der Waals surface area contributed by atoms with Crippen molar-refractivity contribution in [2.75, 3.05) is 6.54 Å². The second kappa shape index (κ2) is 8.76. The molecule has 8 nitrogen and oxygen atoms in total. The number of carbonyl (C=O) groups is 2. The number of hydrogen-bond donors (Lipinski definition) is 2. The number of amides is 1. The molecule has 0 saturated carbocycles. The normalized spacial score (nSPS) is 19.3. The molecular formula is C28H29FN4O4. The number of aromatic nitrogens is 2. The summed E-state index contributed by atoms with van der Waals surface area (Å²) in [6.07, 6.45) is 3.14. The lowest BCUT2D eigenvalue weighted by Gasteiger charge is -2.29. The predicted molar refractivity (Wildman–Crippen MR) is 136 cm³/mol. The standard InChI is InChI=1S/C28H29FN4O4/c1-13-15-6-7-20(31-23(34)5-3-4-8-30)25-17-11-33-22(26(17)32-21(24(15)25)10-19(13)29)9-16-14(2)28(36)37-12-18(16)27(33)35/h9-10,14,20H,3-8,11-12,30H2,1-2H3,(H,31,34)/t14-,20-/m0/s1. The predicted octanol–water partition coefficient (Wildman–Crippen LogP) is 3.27. The molecule has 0 bridgehead atoms. The van der Waals surface area contributed by atoms with Crippen LogP contribution >= 0.6 is 0 Å². The summed E-state index contributed by atoms with van der Waals surface area (Å²) in [5.41, 5.74) is 11.5. The van der Waals surface area contributed by atoms with Gasteiger partial charge in [-0.2, -0.15) is 0 Å². The van der Waals surface area contributed by atoms with Gasteiger partial charge in [0.05, 0.1) is 41.0 Å². The van der Waals surface area contributed by atoms with E-state index in [0.29, 0.717) is 72.4 Å². The molecule has 37 heavy (non-hydrogen) atoms. The molecule has 3 aliphatic rings. The van der Waals surface area contributed by atoms with E-state index in [1.807, 2.05) is 6.07 Å². The first-order valence-electron chi connectivity index (χ1n) is 12.9. The summed E-state index contributed by atoms with van der Waals surface area (Å²) in [7, 11) is 0. The summed E-state index contributed by atoms with van der Waals surface area (Å²) in [6.45, 7) is 4.29. The SMILES string of the molecule is Cc1c(F)cc2nc3c(c4c2c1CC[C@@H]4NC(=O)CCCCN)Cn1c-3cc2c(c1=O)COC(=O)[C@H]2C. The Morgan fingerprint density at radius 3 is 2.84 bits per heavy atom. The van der Waals surface area contributed by atoms with E-state index >= 15 is 0 Å². The van der Waals surface area contributed by atoms with Crippen molar-refractivity contribution in [3.8, 4) is 11.4 Å². The van der Waals surface area contributed by atoms with Crippen LogP contribution in [0, 0.1) is 12.7 Å². The lowest BCUT2D eigenvalue weighted by Crippen LogP contribution is -2.32. The van der Waals surface area contributed by atoms with Crippen LogP contribution in [0.15, 0.2) is 16.9 Å². The van der Waals surface area contributed by atoms with Gasteiger partial charge in [-0.15, -0.1) is 0 Å². The highest BCUT2D eigenvalue weighted by atomic mass is 19.1. The zero-order valence-corrected chi connectivity index (χ0v) is 20.9. The van der Waals surface area contributed by atoms with E-state index in [9.17, 15) is 18.8 Å². The molecule has 3 aromatic rings. The van der Waals surface area contributed by atoms with Gasteiger partial charge in [0.25, 0.3) is 5.56 Å². The maximum Gasteiger partial charge on any atom is 0.313 e. The van der Waals surface area contributed by atoms with Gasteiger partial charge in [0.1, 0.15) is 12.4 Å². The van der Waals surface area contributed by atoms with Crippen molar-refractivity contribution in [3.63, 3.8) is 0 Å². The van der Waals surface area contributed by atoms with Crippen molar-refractivity contribution >= 4 is 22.8 Å². The van der Waals surface area contributed by atoms with Crippen LogP contribution in [0.2, 0.25) is 0 Å². The molecule has 0 spiro atoms. The maximum atomic E-state index is 14.9. The molecule has 2 aliphatic heterocycles. The largest absolute Gasteiger partial charge is 0.460 e. The molecule has 2 atom stereocenters. The van der Waals surface area contributed by atoms with Gasteiger partial charge in [0.15, 0.2) is 0 Å². The summed E-state index contributed by atoms with van der Waals surface area (Å²) in [5.74, 6) is -1.29. The Kier molecular flexibility index (Phi) is 5.63. The first-order chi connectivity index (χ1) is 17.8. The van der Waals surface area contributed by atoms with Crippen molar-refractivity contribution in [2.24, 2.45) is 5.73 Å². The number of pyridine rings is 2. The lowest BCUT2D eigenvalue weighted by atomic mass is 9.81. The summed E-state index contributed by atoms with van der Waals surface area (Å²) in [5, 5.41) is 4.07. The van der Waals surface area contributed by atoms with Gasteiger partial charge in [-0.3, -0.25) is 14.4 Å². The Morgan fingerprint density at radius 1 is 1.24 bits per heavy atom. The van der Waals surface area contributed by atoms with Crippen LogP contribution in [-0.4, -0.2) is 28.0 Å². The van der Waals surface area contributed by atoms with Crippen LogP contribution in [0.3, 0.4) is 0 Å². The Bertz CT molecular complexity index is 1560. The van der Waals surface area contributed by atoms with E-state index in [0.717, 1.165) is 28.5 Å². The summed E-state index contributed by atoms with van der Waals surface area (Å²) >= 11 is 0. The molecule has 9 heteroatoms. The molecule has 0 fully saturated rings. The third-order valence-electron chi connectivity index (χ3n) is 8.14. The third-order valence-corrected chi connectivity index (χ3v) is 8.14. The van der Waals surface area contributed by atoms with E-state index in [4.69, 9.17) is 15.5 Å². The van der Waals surface area contributed by atoms with Crippen LogP contribution < -0.4 is 16.6 Å². The van der Waals surface area contributed by atoms with Crippen LogP contribution in [0.1, 0.15) is 77.9 Å². The fraction of sp³-hybridized carbons (Fsp3) is 0.429. The minimum Gasteiger partial charge on any atom is -0.460 e. The zero-order chi connectivity index (χ0) is 26.0. The molecule has 1 aromatic carbocycles. The first kappa shape index (κ1) is 23.8. The summed E-state index contributed by atoms with van der Waals surface area (Å²) in [6, 6.07) is 3.03. The fourth-order valence-corrected chi connectivity index (χ4v) is 6.13. The molecular weight excluding hydrogens is 475 g/mol. The number of esters is 1. The van der Waals surface area contributed by atoms with Gasteiger partial charge in [0.2, 0.25) is 5.91 Å². The number of cyclic esters (lactones) is 1. The van der Waals surface area contributed by atoms with Gasteiger partial charge < -0.3 is 20.4 Å². The summed E-state index contributed by atoms with van der Waals surface area (Å²) in [4.78, 5) is 43.4. The lowest BCUT2D eigenvalue weighted by molar-refractivity contribution is -0.147. The molecule has 4 heterocycles. The topological polar surface area (TPSA) is 116 Å². The highest BCUT2D eigenvalue weighted by Gasteiger charge is 2.37. The third kappa shape index (κ3) is 3.59. The number of benzene rings is 1. The number of nitrogens with one attached hydrogen (secondary N) is 1. The van der Waals surface area contributed by atoms with E-state index in [1.165, 1.54) is 6.07 Å². The van der Waals surface area contributed by atoms with Gasteiger partial charge in [0, 0.05) is 23.4 Å². The minimum atomic E-state index is -0.558. The van der Waals surface area contributed by atoms with Gasteiger partial charge in [-0.25, -0.2) is 9.37 Å². The number of fused-ring (bicyclic) bond motifs is 5. The molecule has 0 saturated heterocycles. The molecule has 2 aromatic heterocycles. The Labute approximate surface area is 213 Å². The first-order valence-corrected chi connectivity index (χ1v) is 12.9. The molecule has 0 radical (unpaired) electrons. The second-order valence-electron chi connectivity index (χ2n) is 10.3. The number of unbranched alkanes of at least 4 members (excludes halogenated alkanes) is 1. The number of aryl methyl sites for hydroxylation is 1. The number of nitrogens with zero attached hydrogens (tertiary/aromatic N) is 2. The summed E-state index contributed by atoms with van der Waals surface area (Å²) < 4.78 is 21.8. The molecule has 1 aliphatic carbocycles. The number of nitrogens with two attached hydrogens (primary N) is 1. The van der Waals surface area contributed by atoms with Crippen LogP contribution in [0.5, 0.6) is 0 Å². The van der Waals surface area contributed by atoms with E-state index in [1.54, 1.807) is 18.4 Å². The van der Waals surface area contributed by atoms with Crippen LogP contribution in [0.25, 0.3) is 22.3 Å². The molecule has 6 rings (SSSR count). The highest BCUT2D eigenvalue weighted by Crippen LogP contribution is 2.45. The molecule has 192 valence electrons. The Balaban J connectivity index is 1.54. The van der Waals surface area contributed by atoms with Crippen molar-refractivity contribution in [2.45, 2.75) is 71.1 Å². The van der Waals surface area contributed by atoms with E-state index in [2.05, 4.69) is 5.32 Å². The van der Waals surface area contributed by atoms with Crippen molar-refractivity contribution in [3.05, 3.63) is 61.7 Å². The molecule has 1 amide bonds. The minimum absolute atomic E-state index is 0.0490. The van der Waals surface area contributed by atoms with Crippen molar-refractivity contribution in [1.82, 2.24) is 14.9 Å². The number of hydrogen-bond acceptors (Lipinski definition) is 6. The van der Waals surface area contributed by atoms with Crippen molar-refractivity contribution in [1.29, 1.82) is 0 Å². The average molecular weight is 505 g/mol. The Hall–Kier alpha value is -3.59. The van der Waals surface area contributed by atoms with Gasteiger partial charge in [-0.05, 0) is 74.4 Å². The number of ether oxygens (including phenoxy) is 1. The Morgan fingerprint density at radius 2 is 2.05 bits per heavy atom. The highest BCUT2D eigenvalue weighted by molar-refractivity contribution is 5.93. The van der Waals surface area contributed by atoms with E-state index in [-0.39, 0.29) is 35.9 Å². The van der Waals surface area contributed by atoms with Crippen LogP contribution in [0.4, 0.5) is 4.39 Å². The second-order valence-corrected chi connectivity index (χ2v) is 10.3. The van der Waals surface area contributed by atoms with E-state index < -0.39 is 5.92 Å². The quantitative estimate of drug-likeness (QED) is 0.318. The van der Waals surface area contributed by atoms with Crippen molar-refractivity contribution < 1.29 is 18.7 Å². The molecule has 3 N–H and O–H groups in total. The fourth-order valence-electron chi connectivity index (χ4n) is 6.13. The van der Waals surface area contributed by atoms with Crippen LogP contribution in [-0.2, 0) is 33.9 Å². The number of carbonyl (C=O) groups excluding carboxylic acids is 2. The number of rotatable bonds is 5. The van der Waals surface area contributed by atoms with Gasteiger partial charge >= 0.3 is 5.97 Å². The maximum absolute atomic E-state index is 14.9. The smallest absolute Gasteiger partial charge is 0.313 e. The number of halogens is 1.